The van der Waals surface area contributed by atoms with Crippen molar-refractivity contribution < 1.29 is 0 Å². The fourth-order valence-corrected chi connectivity index (χ4v) is 5.01. The van der Waals surface area contributed by atoms with E-state index in [4.69, 9.17) is 0 Å². The second kappa shape index (κ2) is 4.99. The van der Waals surface area contributed by atoms with Crippen molar-refractivity contribution in [3.63, 3.8) is 0 Å². The van der Waals surface area contributed by atoms with Crippen molar-refractivity contribution in [2.45, 2.75) is 63.7 Å². The molecule has 0 radical (unpaired) electrons. The summed E-state index contributed by atoms with van der Waals surface area (Å²) in [5.41, 5.74) is 1.01. The molecule has 0 aliphatic heterocycles. The zero-order chi connectivity index (χ0) is 9.73. The summed E-state index contributed by atoms with van der Waals surface area (Å²) in [6, 6.07) is 1.54. The van der Waals surface area contributed by atoms with E-state index in [2.05, 4.69) is 32.2 Å². The minimum absolute atomic E-state index is 0.857. The normalized spacial score (nSPS) is 21.6. The Morgan fingerprint density at radius 2 is 1.92 bits per heavy atom. The van der Waals surface area contributed by atoms with Crippen molar-refractivity contribution in [1.82, 2.24) is 0 Å². The smallest absolute Gasteiger partial charge is 0.0548 e. The van der Waals surface area contributed by atoms with Gasteiger partial charge in [-0.15, -0.1) is 0 Å². The minimum Gasteiger partial charge on any atom is -0.0882 e. The zero-order valence-corrected chi connectivity index (χ0v) is 10.5. The Labute approximate surface area is 84.4 Å². The Hall–Kier alpha value is -0.0431. The van der Waals surface area contributed by atoms with Gasteiger partial charge < -0.3 is 0 Å². The second-order valence-corrected chi connectivity index (χ2v) is 10.3. The summed E-state index contributed by atoms with van der Waals surface area (Å²) in [4.78, 5) is 0. The highest BCUT2D eigenvalue weighted by molar-refractivity contribution is 6.79. The second-order valence-electron chi connectivity index (χ2n) is 5.07. The van der Waals surface area contributed by atoms with E-state index in [0.717, 1.165) is 5.54 Å². The lowest BCUT2D eigenvalue weighted by atomic mass is 10.1. The summed E-state index contributed by atoms with van der Waals surface area (Å²) in [6.45, 7) is 7.41. The van der Waals surface area contributed by atoms with Gasteiger partial charge in [0.05, 0.1) is 8.07 Å². The molecule has 0 spiro atoms. The molecule has 0 amide bonds. The van der Waals surface area contributed by atoms with Gasteiger partial charge in [-0.2, -0.15) is 0 Å². The first kappa shape index (κ1) is 11.0. The summed E-state index contributed by atoms with van der Waals surface area (Å²) in [5.74, 6) is 0. The number of rotatable bonds is 6. The molecule has 0 N–H and O–H groups in total. The van der Waals surface area contributed by atoms with E-state index in [-0.39, 0.29) is 0 Å². The average molecular weight is 196 g/mol. The van der Waals surface area contributed by atoms with Crippen LogP contribution in [0.4, 0.5) is 0 Å². The molecule has 1 aliphatic carbocycles. The third-order valence-corrected chi connectivity index (χ3v) is 7.51. The Kier molecular flexibility index (Phi) is 4.24. The van der Waals surface area contributed by atoms with Gasteiger partial charge in [0.15, 0.2) is 0 Å². The van der Waals surface area contributed by atoms with Gasteiger partial charge in [-0.25, -0.2) is 0 Å². The van der Waals surface area contributed by atoms with Crippen molar-refractivity contribution in [1.29, 1.82) is 0 Å². The average Bonchev–Trinajstić information content (AvgIpc) is 1.93. The van der Waals surface area contributed by atoms with E-state index in [0.29, 0.717) is 0 Å². The summed E-state index contributed by atoms with van der Waals surface area (Å²) in [5, 5.41) is 0. The molecule has 1 atom stereocenters. The maximum Gasteiger partial charge on any atom is 0.0548 e. The molecule has 0 aromatic heterocycles. The molecule has 76 valence electrons. The van der Waals surface area contributed by atoms with Crippen LogP contribution in [0, 0.1) is 0 Å². The molecule has 13 heavy (non-hydrogen) atoms. The highest BCUT2D eigenvalue weighted by atomic mass is 28.3. The number of unbranched alkanes of at least 4 members (excludes halogenated alkanes) is 3. The van der Waals surface area contributed by atoms with Gasteiger partial charge in [0, 0.05) is 0 Å². The molecule has 0 nitrogen and oxygen atoms in total. The molecular weight excluding hydrogens is 172 g/mol. The van der Waals surface area contributed by atoms with E-state index < -0.39 is 8.07 Å². The van der Waals surface area contributed by atoms with Crippen LogP contribution in [-0.4, -0.2) is 8.07 Å². The molecule has 1 unspecified atom stereocenters. The molecule has 0 fully saturated rings. The van der Waals surface area contributed by atoms with Crippen molar-refractivity contribution in [2.24, 2.45) is 0 Å². The van der Waals surface area contributed by atoms with Crippen LogP contribution in [-0.2, 0) is 0 Å². The summed E-state index contributed by atoms with van der Waals surface area (Å²) < 4.78 is 0. The number of hydrogen-bond donors (Lipinski definition) is 0. The molecule has 1 aliphatic rings. The minimum atomic E-state index is -0.857. The lowest BCUT2D eigenvalue weighted by molar-refractivity contribution is 0.692. The third-order valence-electron chi connectivity index (χ3n) is 3.44. The van der Waals surface area contributed by atoms with Crippen molar-refractivity contribution in [3.05, 3.63) is 12.2 Å². The first-order valence-corrected chi connectivity index (χ1v) is 9.12. The summed E-state index contributed by atoms with van der Waals surface area (Å²) in [7, 11) is -0.857. The molecule has 0 aromatic rings. The highest BCUT2D eigenvalue weighted by Gasteiger charge is 2.31. The van der Waals surface area contributed by atoms with Gasteiger partial charge >= 0.3 is 0 Å². The maximum atomic E-state index is 2.56. The topological polar surface area (TPSA) is 0 Å². The van der Waals surface area contributed by atoms with Crippen LogP contribution in [0.3, 0.4) is 0 Å². The number of allylic oxidation sites excluding steroid dienone is 2. The van der Waals surface area contributed by atoms with Crippen molar-refractivity contribution >= 4 is 8.07 Å². The third kappa shape index (κ3) is 3.30. The quantitative estimate of drug-likeness (QED) is 0.331. The molecule has 0 aromatic carbocycles. The van der Waals surface area contributed by atoms with Gasteiger partial charge in [-0.05, 0) is 12.0 Å². The molecule has 1 rings (SSSR count). The summed E-state index contributed by atoms with van der Waals surface area (Å²) in [6.07, 6.45) is 11.9. The lowest BCUT2D eigenvalue weighted by Gasteiger charge is -2.34. The van der Waals surface area contributed by atoms with E-state index in [1.807, 2.05) is 0 Å². The Morgan fingerprint density at radius 3 is 2.38 bits per heavy atom. The van der Waals surface area contributed by atoms with Gasteiger partial charge in [0.1, 0.15) is 0 Å². The van der Waals surface area contributed by atoms with E-state index in [9.17, 15) is 0 Å². The van der Waals surface area contributed by atoms with Gasteiger partial charge in [-0.1, -0.05) is 63.9 Å². The predicted octanol–water partition coefficient (Wildman–Crippen LogP) is 4.61. The SMILES string of the molecule is CCCCCC[Si](C)(C)C1C=CC1. The molecule has 0 bridgehead atoms. The Balaban J connectivity index is 2.14. The predicted molar refractivity (Wildman–Crippen MR) is 63.9 cm³/mol. The van der Waals surface area contributed by atoms with Crippen LogP contribution in [0.1, 0.15) is 39.0 Å². The zero-order valence-electron chi connectivity index (χ0n) is 9.47. The van der Waals surface area contributed by atoms with E-state index >= 15 is 0 Å². The van der Waals surface area contributed by atoms with Crippen LogP contribution in [0.2, 0.25) is 24.7 Å². The molecule has 0 heterocycles. The standard InChI is InChI=1S/C12H24Si/c1-4-5-6-7-11-13(2,3)12-9-8-10-12/h8-9,12H,4-7,10-11H2,1-3H3. The molecule has 0 saturated heterocycles. The maximum absolute atomic E-state index is 2.56. The van der Waals surface area contributed by atoms with Crippen LogP contribution >= 0.6 is 0 Å². The highest BCUT2D eigenvalue weighted by Crippen LogP contribution is 2.37. The van der Waals surface area contributed by atoms with Crippen LogP contribution in [0.25, 0.3) is 0 Å². The fourth-order valence-electron chi connectivity index (χ4n) is 2.04. The fraction of sp³-hybridized carbons (Fsp3) is 0.833. The first-order chi connectivity index (χ1) is 6.17. The monoisotopic (exact) mass is 196 g/mol. The lowest BCUT2D eigenvalue weighted by Crippen LogP contribution is -2.33. The Bertz CT molecular complexity index is 170. The molecule has 1 heteroatoms. The van der Waals surface area contributed by atoms with Crippen molar-refractivity contribution in [3.8, 4) is 0 Å². The first-order valence-electron chi connectivity index (χ1n) is 5.83. The van der Waals surface area contributed by atoms with Crippen LogP contribution in [0.5, 0.6) is 0 Å². The number of hydrogen-bond acceptors (Lipinski definition) is 0. The Morgan fingerprint density at radius 1 is 1.23 bits per heavy atom. The largest absolute Gasteiger partial charge is 0.0882 e. The van der Waals surface area contributed by atoms with Crippen LogP contribution in [0.15, 0.2) is 12.2 Å². The van der Waals surface area contributed by atoms with E-state index in [1.165, 1.54) is 32.1 Å². The van der Waals surface area contributed by atoms with Crippen LogP contribution < -0.4 is 0 Å². The van der Waals surface area contributed by atoms with Gasteiger partial charge in [-0.3, -0.25) is 0 Å². The summed E-state index contributed by atoms with van der Waals surface area (Å²) >= 11 is 0. The van der Waals surface area contributed by atoms with Gasteiger partial charge in [0.2, 0.25) is 0 Å². The van der Waals surface area contributed by atoms with E-state index in [1.54, 1.807) is 6.04 Å². The molecular formula is C12H24Si. The molecule has 0 saturated carbocycles. The van der Waals surface area contributed by atoms with Gasteiger partial charge in [0.25, 0.3) is 0 Å². The van der Waals surface area contributed by atoms with Crippen molar-refractivity contribution in [2.75, 3.05) is 0 Å².